The lowest BCUT2D eigenvalue weighted by atomic mass is 10.1. The molecule has 0 saturated carbocycles. The van der Waals surface area contributed by atoms with Gasteiger partial charge >= 0.3 is 0 Å². The first-order valence-corrected chi connectivity index (χ1v) is 7.54. The van der Waals surface area contributed by atoms with E-state index in [1.165, 1.54) is 5.56 Å². The average molecular weight is 332 g/mol. The zero-order chi connectivity index (χ0) is 14.4. The first-order valence-electron chi connectivity index (χ1n) is 6.75. The quantitative estimate of drug-likeness (QED) is 0.843. The van der Waals surface area contributed by atoms with E-state index in [4.69, 9.17) is 0 Å². The molecule has 104 valence electrons. The minimum atomic E-state index is 0.0623. The summed E-state index contributed by atoms with van der Waals surface area (Å²) in [5, 5.41) is 2.95. The molecule has 2 aromatic rings. The van der Waals surface area contributed by atoms with E-state index in [9.17, 15) is 4.79 Å². The second-order valence-electron chi connectivity index (χ2n) is 4.87. The summed E-state index contributed by atoms with van der Waals surface area (Å²) in [6.45, 7) is 2.01. The van der Waals surface area contributed by atoms with Crippen molar-refractivity contribution in [3.05, 3.63) is 64.1 Å². The van der Waals surface area contributed by atoms with E-state index in [0.29, 0.717) is 6.42 Å². The second kappa shape index (κ2) is 7.25. The van der Waals surface area contributed by atoms with Crippen molar-refractivity contribution in [2.24, 2.45) is 0 Å². The first kappa shape index (κ1) is 14.8. The van der Waals surface area contributed by atoms with Crippen LogP contribution in [0.25, 0.3) is 0 Å². The molecule has 0 aliphatic carbocycles. The number of benzene rings is 2. The summed E-state index contributed by atoms with van der Waals surface area (Å²) < 4.78 is 0.916. The van der Waals surface area contributed by atoms with Gasteiger partial charge < -0.3 is 5.32 Å². The monoisotopic (exact) mass is 331 g/mol. The number of halogens is 1. The highest BCUT2D eigenvalue weighted by Gasteiger charge is 2.06. The summed E-state index contributed by atoms with van der Waals surface area (Å²) in [4.78, 5) is 11.9. The number of hydrogen-bond acceptors (Lipinski definition) is 1. The van der Waals surface area contributed by atoms with Gasteiger partial charge in [0.25, 0.3) is 0 Å². The zero-order valence-corrected chi connectivity index (χ0v) is 13.1. The van der Waals surface area contributed by atoms with Crippen molar-refractivity contribution in [3.63, 3.8) is 0 Å². The molecule has 20 heavy (non-hydrogen) atoms. The highest BCUT2D eigenvalue weighted by molar-refractivity contribution is 9.10. The molecule has 2 aromatic carbocycles. The summed E-state index contributed by atoms with van der Waals surface area (Å²) in [6.07, 6.45) is 2.33. The van der Waals surface area contributed by atoms with Gasteiger partial charge in [0, 0.05) is 10.9 Å². The molecule has 1 N–H and O–H groups in total. The van der Waals surface area contributed by atoms with Crippen molar-refractivity contribution < 1.29 is 4.79 Å². The maximum absolute atomic E-state index is 11.9. The Hall–Kier alpha value is -1.61. The predicted octanol–water partition coefficient (Wildman–Crippen LogP) is 4.72. The Morgan fingerprint density at radius 2 is 1.90 bits per heavy atom. The van der Waals surface area contributed by atoms with Gasteiger partial charge in [0.05, 0.1) is 5.69 Å². The molecule has 0 spiro atoms. The van der Waals surface area contributed by atoms with Crippen LogP contribution >= 0.6 is 15.9 Å². The van der Waals surface area contributed by atoms with Crippen LogP contribution in [0.1, 0.15) is 24.0 Å². The lowest BCUT2D eigenvalue weighted by molar-refractivity contribution is -0.116. The van der Waals surface area contributed by atoms with Crippen LogP contribution in [0.5, 0.6) is 0 Å². The lowest BCUT2D eigenvalue weighted by Crippen LogP contribution is -2.12. The average Bonchev–Trinajstić information content (AvgIpc) is 2.44. The number of carbonyl (C=O) groups is 1. The maximum atomic E-state index is 11.9. The molecule has 0 saturated heterocycles. The molecule has 2 rings (SSSR count). The topological polar surface area (TPSA) is 29.1 Å². The minimum absolute atomic E-state index is 0.0623. The number of aryl methyl sites for hydroxylation is 2. The molecule has 0 aliphatic rings. The summed E-state index contributed by atoms with van der Waals surface area (Å²) in [5.74, 6) is 0.0623. The molecule has 0 bridgehead atoms. The van der Waals surface area contributed by atoms with E-state index in [2.05, 4.69) is 33.4 Å². The lowest BCUT2D eigenvalue weighted by Gasteiger charge is -2.08. The van der Waals surface area contributed by atoms with Gasteiger partial charge in [-0.2, -0.15) is 0 Å². The first-order chi connectivity index (χ1) is 9.65. The van der Waals surface area contributed by atoms with Gasteiger partial charge in [0.2, 0.25) is 5.91 Å². The van der Waals surface area contributed by atoms with Gasteiger partial charge in [0.15, 0.2) is 0 Å². The molecule has 0 unspecified atom stereocenters. The Bertz CT molecular complexity index is 581. The summed E-state index contributed by atoms with van der Waals surface area (Å²) in [5.41, 5.74) is 3.25. The SMILES string of the molecule is Cc1ccc(Br)c(NC(=O)CCCc2ccccc2)c1. The smallest absolute Gasteiger partial charge is 0.224 e. The van der Waals surface area contributed by atoms with Crippen LogP contribution in [-0.4, -0.2) is 5.91 Å². The van der Waals surface area contributed by atoms with E-state index >= 15 is 0 Å². The Morgan fingerprint density at radius 3 is 2.65 bits per heavy atom. The van der Waals surface area contributed by atoms with E-state index < -0.39 is 0 Å². The molecule has 0 aromatic heterocycles. The van der Waals surface area contributed by atoms with Gasteiger partial charge in [-0.15, -0.1) is 0 Å². The molecule has 0 heterocycles. The summed E-state index contributed by atoms with van der Waals surface area (Å²) in [7, 11) is 0. The van der Waals surface area contributed by atoms with Crippen LogP contribution in [0, 0.1) is 6.92 Å². The molecular weight excluding hydrogens is 314 g/mol. The normalized spacial score (nSPS) is 10.3. The fraction of sp³-hybridized carbons (Fsp3) is 0.235. The van der Waals surface area contributed by atoms with E-state index in [0.717, 1.165) is 28.6 Å². The van der Waals surface area contributed by atoms with E-state index in [-0.39, 0.29) is 5.91 Å². The number of rotatable bonds is 5. The number of nitrogens with one attached hydrogen (secondary N) is 1. The Kier molecular flexibility index (Phi) is 5.36. The molecule has 3 heteroatoms. The van der Waals surface area contributed by atoms with Gasteiger partial charge in [-0.1, -0.05) is 36.4 Å². The third-order valence-corrected chi connectivity index (χ3v) is 3.80. The van der Waals surface area contributed by atoms with Crippen molar-refractivity contribution in [1.29, 1.82) is 0 Å². The van der Waals surface area contributed by atoms with Crippen LogP contribution in [-0.2, 0) is 11.2 Å². The number of amides is 1. The summed E-state index contributed by atoms with van der Waals surface area (Å²) >= 11 is 3.45. The highest BCUT2D eigenvalue weighted by atomic mass is 79.9. The number of anilines is 1. The molecular formula is C17H18BrNO. The molecule has 2 nitrogen and oxygen atoms in total. The molecule has 0 radical (unpaired) electrons. The summed E-state index contributed by atoms with van der Waals surface area (Å²) in [6, 6.07) is 16.2. The van der Waals surface area contributed by atoms with Crippen LogP contribution in [0.15, 0.2) is 53.0 Å². The van der Waals surface area contributed by atoms with Crippen molar-refractivity contribution >= 4 is 27.5 Å². The van der Waals surface area contributed by atoms with Crippen molar-refractivity contribution in [1.82, 2.24) is 0 Å². The zero-order valence-electron chi connectivity index (χ0n) is 11.5. The van der Waals surface area contributed by atoms with Crippen LogP contribution in [0.4, 0.5) is 5.69 Å². The molecule has 0 fully saturated rings. The minimum Gasteiger partial charge on any atom is -0.325 e. The van der Waals surface area contributed by atoms with E-state index in [1.54, 1.807) is 0 Å². The molecule has 0 aliphatic heterocycles. The van der Waals surface area contributed by atoms with Crippen LogP contribution < -0.4 is 5.32 Å². The number of carbonyl (C=O) groups excluding carboxylic acids is 1. The predicted molar refractivity (Wildman–Crippen MR) is 86.9 cm³/mol. The largest absolute Gasteiger partial charge is 0.325 e. The molecule has 1 amide bonds. The maximum Gasteiger partial charge on any atom is 0.224 e. The fourth-order valence-electron chi connectivity index (χ4n) is 2.05. The Labute approximate surface area is 128 Å². The van der Waals surface area contributed by atoms with Gasteiger partial charge in [-0.3, -0.25) is 4.79 Å². The number of hydrogen-bond donors (Lipinski definition) is 1. The third kappa shape index (κ3) is 4.49. The van der Waals surface area contributed by atoms with Gasteiger partial charge in [-0.05, 0) is 59.0 Å². The van der Waals surface area contributed by atoms with Crippen molar-refractivity contribution in [3.8, 4) is 0 Å². The van der Waals surface area contributed by atoms with Crippen LogP contribution in [0.3, 0.4) is 0 Å². The Morgan fingerprint density at radius 1 is 1.15 bits per heavy atom. The molecule has 0 atom stereocenters. The van der Waals surface area contributed by atoms with Gasteiger partial charge in [0.1, 0.15) is 0 Å². The van der Waals surface area contributed by atoms with Crippen LogP contribution in [0.2, 0.25) is 0 Å². The Balaban J connectivity index is 1.82. The van der Waals surface area contributed by atoms with Gasteiger partial charge in [-0.25, -0.2) is 0 Å². The van der Waals surface area contributed by atoms with Crippen molar-refractivity contribution in [2.45, 2.75) is 26.2 Å². The van der Waals surface area contributed by atoms with E-state index in [1.807, 2.05) is 43.3 Å². The fourth-order valence-corrected chi connectivity index (χ4v) is 2.39. The standard InChI is InChI=1S/C17H18BrNO/c1-13-10-11-15(18)16(12-13)19-17(20)9-5-8-14-6-3-2-4-7-14/h2-4,6-7,10-12H,5,8-9H2,1H3,(H,19,20). The third-order valence-electron chi connectivity index (χ3n) is 3.11. The highest BCUT2D eigenvalue weighted by Crippen LogP contribution is 2.23. The van der Waals surface area contributed by atoms with Crippen molar-refractivity contribution in [2.75, 3.05) is 5.32 Å². The second-order valence-corrected chi connectivity index (χ2v) is 5.72.